The fraction of sp³-hybridized carbons (Fsp3) is 0.409. The number of rotatable bonds is 8. The molecule has 1 fully saturated rings. The Kier molecular flexibility index (Phi) is 7.70. The summed E-state index contributed by atoms with van der Waals surface area (Å²) >= 11 is 0. The van der Waals surface area contributed by atoms with E-state index in [1.165, 1.54) is 12.1 Å². The molecule has 1 heterocycles. The van der Waals surface area contributed by atoms with Crippen LogP contribution in [0.25, 0.3) is 0 Å². The minimum atomic E-state index is -3.51. The van der Waals surface area contributed by atoms with Gasteiger partial charge >= 0.3 is 0 Å². The number of carbonyl (C=O) groups excluding carboxylic acids is 1. The Morgan fingerprint density at radius 1 is 0.933 bits per heavy atom. The molecule has 7 nitrogen and oxygen atoms in total. The predicted molar refractivity (Wildman–Crippen MR) is 115 cm³/mol. The molecule has 0 atom stereocenters. The van der Waals surface area contributed by atoms with Gasteiger partial charge in [0.15, 0.2) is 18.1 Å². The van der Waals surface area contributed by atoms with Crippen molar-refractivity contribution in [3.8, 4) is 11.5 Å². The van der Waals surface area contributed by atoms with E-state index in [0.29, 0.717) is 36.9 Å². The Labute approximate surface area is 178 Å². The molecule has 0 saturated carbocycles. The van der Waals surface area contributed by atoms with E-state index in [9.17, 15) is 13.2 Å². The Morgan fingerprint density at radius 2 is 1.53 bits per heavy atom. The van der Waals surface area contributed by atoms with Crippen LogP contribution < -0.4 is 14.8 Å². The van der Waals surface area contributed by atoms with Crippen LogP contribution in [0.4, 0.5) is 5.69 Å². The molecule has 3 rings (SSSR count). The molecule has 1 N–H and O–H groups in total. The van der Waals surface area contributed by atoms with Gasteiger partial charge in [-0.3, -0.25) is 4.79 Å². The monoisotopic (exact) mass is 432 g/mol. The third-order valence-electron chi connectivity index (χ3n) is 4.85. The van der Waals surface area contributed by atoms with Crippen molar-refractivity contribution in [3.05, 3.63) is 48.5 Å². The fourth-order valence-electron chi connectivity index (χ4n) is 3.33. The topological polar surface area (TPSA) is 84.9 Å². The van der Waals surface area contributed by atoms with Crippen LogP contribution in [0.1, 0.15) is 32.6 Å². The van der Waals surface area contributed by atoms with Crippen molar-refractivity contribution in [2.45, 2.75) is 37.5 Å². The molecule has 0 aromatic heterocycles. The normalized spacial score (nSPS) is 15.2. The van der Waals surface area contributed by atoms with Crippen molar-refractivity contribution in [2.75, 3.05) is 31.6 Å². The number of anilines is 1. The van der Waals surface area contributed by atoms with Gasteiger partial charge < -0.3 is 14.8 Å². The second-order valence-electron chi connectivity index (χ2n) is 7.06. The summed E-state index contributed by atoms with van der Waals surface area (Å²) in [7, 11) is -3.51. The molecule has 0 unspecified atom stereocenters. The minimum absolute atomic E-state index is 0.183. The third-order valence-corrected chi connectivity index (χ3v) is 6.76. The zero-order valence-electron chi connectivity index (χ0n) is 17.2. The van der Waals surface area contributed by atoms with Crippen LogP contribution in [-0.4, -0.2) is 44.9 Å². The maximum Gasteiger partial charge on any atom is 0.262 e. The number of hydrogen-bond donors (Lipinski definition) is 1. The van der Waals surface area contributed by atoms with Gasteiger partial charge in [-0.05, 0) is 56.2 Å². The lowest BCUT2D eigenvalue weighted by Crippen LogP contribution is -2.31. The molecule has 1 aliphatic rings. The molecule has 0 spiro atoms. The molecule has 0 bridgehead atoms. The van der Waals surface area contributed by atoms with E-state index in [1.807, 2.05) is 13.0 Å². The molecular weight excluding hydrogens is 404 g/mol. The van der Waals surface area contributed by atoms with Gasteiger partial charge in [-0.15, -0.1) is 0 Å². The molecule has 0 radical (unpaired) electrons. The van der Waals surface area contributed by atoms with Gasteiger partial charge in [-0.1, -0.05) is 25.0 Å². The highest BCUT2D eigenvalue weighted by molar-refractivity contribution is 7.89. The van der Waals surface area contributed by atoms with Crippen molar-refractivity contribution in [2.24, 2.45) is 0 Å². The largest absolute Gasteiger partial charge is 0.490 e. The van der Waals surface area contributed by atoms with Crippen molar-refractivity contribution in [3.63, 3.8) is 0 Å². The lowest BCUT2D eigenvalue weighted by molar-refractivity contribution is -0.118. The van der Waals surface area contributed by atoms with Gasteiger partial charge in [0.1, 0.15) is 0 Å². The highest BCUT2D eigenvalue weighted by atomic mass is 32.2. The first kappa shape index (κ1) is 22.1. The van der Waals surface area contributed by atoms with Crippen LogP contribution in [0.2, 0.25) is 0 Å². The van der Waals surface area contributed by atoms with Crippen LogP contribution in [0.15, 0.2) is 53.4 Å². The molecule has 1 amide bonds. The van der Waals surface area contributed by atoms with Crippen molar-refractivity contribution in [1.82, 2.24) is 4.31 Å². The lowest BCUT2D eigenvalue weighted by atomic mass is 10.2. The molecule has 2 aromatic rings. The van der Waals surface area contributed by atoms with Gasteiger partial charge in [0.05, 0.1) is 11.5 Å². The number of para-hydroxylation sites is 2. The second-order valence-corrected chi connectivity index (χ2v) is 9.00. The van der Waals surface area contributed by atoms with E-state index >= 15 is 0 Å². The van der Waals surface area contributed by atoms with Crippen LogP contribution in [0.5, 0.6) is 11.5 Å². The summed E-state index contributed by atoms with van der Waals surface area (Å²) in [5, 5.41) is 2.72. The zero-order chi connectivity index (χ0) is 21.4. The van der Waals surface area contributed by atoms with Gasteiger partial charge in [0.2, 0.25) is 10.0 Å². The number of ether oxygens (including phenoxy) is 2. The number of benzene rings is 2. The van der Waals surface area contributed by atoms with E-state index in [1.54, 1.807) is 34.6 Å². The number of nitrogens with one attached hydrogen (secondary N) is 1. The number of carbonyl (C=O) groups is 1. The number of sulfonamides is 1. The Bertz CT molecular complexity index is 936. The van der Waals surface area contributed by atoms with E-state index < -0.39 is 10.0 Å². The molecule has 1 saturated heterocycles. The standard InChI is InChI=1S/C22H28N2O5S/c1-2-28-20-9-5-6-10-21(20)29-17-22(25)23-18-11-13-19(14-12-18)30(26,27)24-15-7-3-4-8-16-24/h5-6,9-14H,2-4,7-8,15-17H2,1H3,(H,23,25). The Balaban J connectivity index is 1.58. The number of hydrogen-bond acceptors (Lipinski definition) is 5. The first-order valence-electron chi connectivity index (χ1n) is 10.3. The second kappa shape index (κ2) is 10.4. The van der Waals surface area contributed by atoms with Crippen LogP contribution in [-0.2, 0) is 14.8 Å². The number of amides is 1. The van der Waals surface area contributed by atoms with Gasteiger partial charge in [-0.25, -0.2) is 8.42 Å². The average molecular weight is 433 g/mol. The molecule has 8 heteroatoms. The minimum Gasteiger partial charge on any atom is -0.490 e. The number of nitrogens with zero attached hydrogens (tertiary/aromatic N) is 1. The SMILES string of the molecule is CCOc1ccccc1OCC(=O)Nc1ccc(S(=O)(=O)N2CCCCCC2)cc1. The molecule has 162 valence electrons. The molecular formula is C22H28N2O5S. The smallest absolute Gasteiger partial charge is 0.262 e. The maximum atomic E-state index is 12.8. The predicted octanol–water partition coefficient (Wildman–Crippen LogP) is 3.67. The molecule has 0 aliphatic carbocycles. The molecule has 30 heavy (non-hydrogen) atoms. The van der Waals surface area contributed by atoms with E-state index in [-0.39, 0.29) is 17.4 Å². The van der Waals surface area contributed by atoms with Crippen molar-refractivity contribution in [1.29, 1.82) is 0 Å². The highest BCUT2D eigenvalue weighted by Gasteiger charge is 2.25. The fourth-order valence-corrected chi connectivity index (χ4v) is 4.84. The quantitative estimate of drug-likeness (QED) is 0.688. The zero-order valence-corrected chi connectivity index (χ0v) is 18.0. The highest BCUT2D eigenvalue weighted by Crippen LogP contribution is 2.26. The van der Waals surface area contributed by atoms with Gasteiger partial charge in [0.25, 0.3) is 5.91 Å². The third kappa shape index (κ3) is 5.73. The average Bonchev–Trinajstić information content (AvgIpc) is 3.04. The maximum absolute atomic E-state index is 12.8. The van der Waals surface area contributed by atoms with E-state index in [2.05, 4.69) is 5.32 Å². The molecule has 1 aliphatic heterocycles. The van der Waals surface area contributed by atoms with Gasteiger partial charge in [0, 0.05) is 18.8 Å². The van der Waals surface area contributed by atoms with Gasteiger partial charge in [-0.2, -0.15) is 4.31 Å². The van der Waals surface area contributed by atoms with Crippen molar-refractivity contribution >= 4 is 21.6 Å². The van der Waals surface area contributed by atoms with Crippen LogP contribution in [0, 0.1) is 0 Å². The van der Waals surface area contributed by atoms with E-state index in [0.717, 1.165) is 25.7 Å². The van der Waals surface area contributed by atoms with Crippen molar-refractivity contribution < 1.29 is 22.7 Å². The summed E-state index contributed by atoms with van der Waals surface area (Å²) in [4.78, 5) is 12.5. The molecule has 2 aromatic carbocycles. The van der Waals surface area contributed by atoms with Crippen LogP contribution >= 0.6 is 0 Å². The first-order valence-corrected chi connectivity index (χ1v) is 11.7. The summed E-state index contributed by atoms with van der Waals surface area (Å²) in [6.45, 7) is 3.31. The Hall–Kier alpha value is -2.58. The lowest BCUT2D eigenvalue weighted by Gasteiger charge is -2.20. The summed E-state index contributed by atoms with van der Waals surface area (Å²) in [6.07, 6.45) is 3.90. The summed E-state index contributed by atoms with van der Waals surface area (Å²) in [5.41, 5.74) is 0.511. The van der Waals surface area contributed by atoms with E-state index in [4.69, 9.17) is 9.47 Å². The summed E-state index contributed by atoms with van der Waals surface area (Å²) in [6, 6.07) is 13.4. The van der Waals surface area contributed by atoms with Crippen LogP contribution in [0.3, 0.4) is 0 Å². The summed E-state index contributed by atoms with van der Waals surface area (Å²) in [5.74, 6) is 0.730. The Morgan fingerprint density at radius 3 is 2.13 bits per heavy atom. The first-order chi connectivity index (χ1) is 14.5. The summed E-state index contributed by atoms with van der Waals surface area (Å²) < 4.78 is 38.2.